The SMILES string of the molecule is COc1ccc([C@@H]2C3=C(CCCC3=O)Nc3onc(C)c32)c(OC)c1OC. The molecule has 4 rings (SSSR count). The number of fused-ring (bicyclic) bond motifs is 1. The van der Waals surface area contributed by atoms with Crippen molar-refractivity contribution in [3.8, 4) is 17.2 Å². The summed E-state index contributed by atoms with van der Waals surface area (Å²) >= 11 is 0. The van der Waals surface area contributed by atoms with E-state index in [0.29, 0.717) is 29.6 Å². The van der Waals surface area contributed by atoms with Crippen LogP contribution in [0, 0.1) is 6.92 Å². The molecule has 0 radical (unpaired) electrons. The molecule has 27 heavy (non-hydrogen) atoms. The Morgan fingerprint density at radius 1 is 1.11 bits per heavy atom. The van der Waals surface area contributed by atoms with E-state index in [1.807, 2.05) is 19.1 Å². The third-order valence-electron chi connectivity index (χ3n) is 5.25. The second-order valence-corrected chi connectivity index (χ2v) is 6.66. The fraction of sp³-hybridized carbons (Fsp3) is 0.400. The van der Waals surface area contributed by atoms with Gasteiger partial charge in [0, 0.05) is 23.3 Å². The summed E-state index contributed by atoms with van der Waals surface area (Å²) in [6, 6.07) is 3.74. The largest absolute Gasteiger partial charge is 0.493 e. The van der Waals surface area contributed by atoms with Crippen LogP contribution < -0.4 is 19.5 Å². The van der Waals surface area contributed by atoms with E-state index >= 15 is 0 Å². The molecular weight excluding hydrogens is 348 g/mol. The molecule has 1 aliphatic carbocycles. The first-order chi connectivity index (χ1) is 13.1. The van der Waals surface area contributed by atoms with Crippen molar-refractivity contribution in [2.24, 2.45) is 0 Å². The highest BCUT2D eigenvalue weighted by Crippen LogP contribution is 2.52. The average Bonchev–Trinajstić information content (AvgIpc) is 3.05. The van der Waals surface area contributed by atoms with E-state index in [4.69, 9.17) is 18.7 Å². The summed E-state index contributed by atoms with van der Waals surface area (Å²) in [6.45, 7) is 1.88. The number of nitrogens with zero attached hydrogens (tertiary/aromatic N) is 1. The van der Waals surface area contributed by atoms with Gasteiger partial charge in [-0.05, 0) is 25.8 Å². The van der Waals surface area contributed by atoms with Crippen LogP contribution in [-0.4, -0.2) is 32.3 Å². The van der Waals surface area contributed by atoms with Crippen LogP contribution in [-0.2, 0) is 4.79 Å². The second kappa shape index (κ2) is 6.64. The van der Waals surface area contributed by atoms with Gasteiger partial charge in [-0.3, -0.25) is 4.79 Å². The minimum absolute atomic E-state index is 0.136. The number of Topliss-reactive ketones (excluding diaryl/α,β-unsaturated/α-hetero) is 1. The van der Waals surface area contributed by atoms with Gasteiger partial charge in [-0.15, -0.1) is 0 Å². The monoisotopic (exact) mass is 370 g/mol. The Labute approximate surface area is 157 Å². The Balaban J connectivity index is 2.00. The highest BCUT2D eigenvalue weighted by Gasteiger charge is 2.40. The first kappa shape index (κ1) is 17.5. The molecule has 2 heterocycles. The molecule has 0 amide bonds. The van der Waals surface area contributed by atoms with Gasteiger partial charge in [-0.25, -0.2) is 0 Å². The van der Waals surface area contributed by atoms with Crippen molar-refractivity contribution in [1.82, 2.24) is 5.16 Å². The topological polar surface area (TPSA) is 82.8 Å². The normalized spacial score (nSPS) is 18.5. The Morgan fingerprint density at radius 2 is 1.89 bits per heavy atom. The molecule has 1 atom stereocenters. The maximum absolute atomic E-state index is 12.9. The zero-order chi connectivity index (χ0) is 19.1. The maximum atomic E-state index is 12.9. The number of benzene rings is 1. The number of rotatable bonds is 4. The minimum Gasteiger partial charge on any atom is -0.493 e. The van der Waals surface area contributed by atoms with Crippen LogP contribution in [0.15, 0.2) is 27.9 Å². The molecule has 0 bridgehead atoms. The van der Waals surface area contributed by atoms with Gasteiger partial charge < -0.3 is 24.1 Å². The van der Waals surface area contributed by atoms with Crippen LogP contribution in [0.4, 0.5) is 5.88 Å². The van der Waals surface area contributed by atoms with E-state index in [0.717, 1.165) is 40.9 Å². The highest BCUT2D eigenvalue weighted by molar-refractivity contribution is 6.01. The number of allylic oxidation sites excluding steroid dienone is 2. The molecule has 0 unspecified atom stereocenters. The molecule has 0 fully saturated rings. The Bertz CT molecular complexity index is 944. The van der Waals surface area contributed by atoms with Gasteiger partial charge in [-0.1, -0.05) is 11.2 Å². The Hall–Kier alpha value is -2.96. The molecule has 1 aromatic carbocycles. The summed E-state index contributed by atoms with van der Waals surface area (Å²) in [5.74, 6) is 2.00. The number of methoxy groups -OCH3 is 3. The molecule has 1 aromatic heterocycles. The molecule has 7 nitrogen and oxygen atoms in total. The number of ketones is 1. The van der Waals surface area contributed by atoms with Gasteiger partial charge in [0.2, 0.25) is 11.6 Å². The standard InChI is InChI=1S/C20H22N2O5/c1-10-15-16(11-8-9-14(24-2)19(26-4)18(11)25-3)17-12(6-5-7-13(17)23)21-20(15)27-22-10/h8-9,16,21H,5-7H2,1-4H3/t16-/m0/s1. The molecule has 142 valence electrons. The highest BCUT2D eigenvalue weighted by atomic mass is 16.5. The number of aromatic nitrogens is 1. The maximum Gasteiger partial charge on any atom is 0.233 e. The van der Waals surface area contributed by atoms with Crippen molar-refractivity contribution in [2.75, 3.05) is 26.6 Å². The number of carbonyl (C=O) groups is 1. The lowest BCUT2D eigenvalue weighted by molar-refractivity contribution is -0.116. The van der Waals surface area contributed by atoms with Gasteiger partial charge in [0.15, 0.2) is 17.3 Å². The lowest BCUT2D eigenvalue weighted by Crippen LogP contribution is -2.27. The molecule has 2 aliphatic rings. The van der Waals surface area contributed by atoms with Crippen LogP contribution in [0.3, 0.4) is 0 Å². The molecule has 7 heteroatoms. The van der Waals surface area contributed by atoms with Crippen LogP contribution in [0.1, 0.15) is 42.0 Å². The number of anilines is 1. The summed E-state index contributed by atoms with van der Waals surface area (Å²) in [5, 5.41) is 7.39. The second-order valence-electron chi connectivity index (χ2n) is 6.66. The average molecular weight is 370 g/mol. The van der Waals surface area contributed by atoms with E-state index in [9.17, 15) is 4.79 Å². The fourth-order valence-corrected chi connectivity index (χ4v) is 4.08. The van der Waals surface area contributed by atoms with Crippen LogP contribution >= 0.6 is 0 Å². The molecule has 0 saturated heterocycles. The summed E-state index contributed by atoms with van der Waals surface area (Å²) in [5.41, 5.74) is 4.08. The lowest BCUT2D eigenvalue weighted by Gasteiger charge is -2.32. The van der Waals surface area contributed by atoms with Gasteiger partial charge in [0.05, 0.1) is 38.5 Å². The molecule has 2 aromatic rings. The molecular formula is C20H22N2O5. The molecule has 1 aliphatic heterocycles. The minimum atomic E-state index is -0.329. The number of aryl methyl sites for hydroxylation is 1. The van der Waals surface area contributed by atoms with Crippen molar-refractivity contribution in [3.63, 3.8) is 0 Å². The number of carbonyl (C=O) groups excluding carboxylic acids is 1. The fourth-order valence-electron chi connectivity index (χ4n) is 4.08. The molecule has 1 N–H and O–H groups in total. The summed E-state index contributed by atoms with van der Waals surface area (Å²) < 4.78 is 22.1. The Kier molecular flexibility index (Phi) is 4.30. The zero-order valence-electron chi connectivity index (χ0n) is 15.8. The van der Waals surface area contributed by atoms with E-state index in [-0.39, 0.29) is 11.7 Å². The first-order valence-electron chi connectivity index (χ1n) is 8.89. The predicted molar refractivity (Wildman–Crippen MR) is 98.7 cm³/mol. The van der Waals surface area contributed by atoms with Gasteiger partial charge in [-0.2, -0.15) is 0 Å². The van der Waals surface area contributed by atoms with Crippen molar-refractivity contribution in [2.45, 2.75) is 32.1 Å². The number of hydrogen-bond donors (Lipinski definition) is 1. The molecule has 0 saturated carbocycles. The van der Waals surface area contributed by atoms with Crippen molar-refractivity contribution >= 4 is 11.7 Å². The zero-order valence-corrected chi connectivity index (χ0v) is 15.8. The van der Waals surface area contributed by atoms with E-state index in [2.05, 4.69) is 10.5 Å². The van der Waals surface area contributed by atoms with E-state index < -0.39 is 0 Å². The Morgan fingerprint density at radius 3 is 2.59 bits per heavy atom. The van der Waals surface area contributed by atoms with Crippen molar-refractivity contribution in [3.05, 3.63) is 40.2 Å². The van der Waals surface area contributed by atoms with Crippen molar-refractivity contribution in [1.29, 1.82) is 0 Å². The van der Waals surface area contributed by atoms with Gasteiger partial charge in [0.1, 0.15) is 0 Å². The van der Waals surface area contributed by atoms with Crippen LogP contribution in [0.25, 0.3) is 0 Å². The van der Waals surface area contributed by atoms with Crippen LogP contribution in [0.5, 0.6) is 17.2 Å². The third-order valence-corrected chi connectivity index (χ3v) is 5.25. The van der Waals surface area contributed by atoms with E-state index in [1.165, 1.54) is 0 Å². The summed E-state index contributed by atoms with van der Waals surface area (Å²) in [7, 11) is 4.73. The van der Waals surface area contributed by atoms with Gasteiger partial charge >= 0.3 is 0 Å². The lowest BCUT2D eigenvalue weighted by atomic mass is 9.76. The number of ether oxygens (including phenoxy) is 3. The quantitative estimate of drug-likeness (QED) is 0.881. The number of hydrogen-bond acceptors (Lipinski definition) is 7. The van der Waals surface area contributed by atoms with Crippen molar-refractivity contribution < 1.29 is 23.5 Å². The summed E-state index contributed by atoms with van der Waals surface area (Å²) in [4.78, 5) is 12.9. The predicted octanol–water partition coefficient (Wildman–Crippen LogP) is 3.57. The van der Waals surface area contributed by atoms with Gasteiger partial charge in [0.25, 0.3) is 0 Å². The third kappa shape index (κ3) is 2.57. The molecule has 0 spiro atoms. The van der Waals surface area contributed by atoms with Crippen LogP contribution in [0.2, 0.25) is 0 Å². The summed E-state index contributed by atoms with van der Waals surface area (Å²) in [6.07, 6.45) is 2.15. The smallest absolute Gasteiger partial charge is 0.233 e. The first-order valence-corrected chi connectivity index (χ1v) is 8.89. The van der Waals surface area contributed by atoms with E-state index in [1.54, 1.807) is 21.3 Å². The number of nitrogens with one attached hydrogen (secondary N) is 1.